The monoisotopic (exact) mass is 355 g/mol. The maximum absolute atomic E-state index is 6.01. The molecule has 3 aliphatic heterocycles. The summed E-state index contributed by atoms with van der Waals surface area (Å²) in [5, 5.41) is 3.29. The van der Waals surface area contributed by atoms with Crippen molar-refractivity contribution in [2.24, 2.45) is 10.9 Å². The Bertz CT molecular complexity index is 720. The second kappa shape index (κ2) is 7.88. The summed E-state index contributed by atoms with van der Waals surface area (Å²) in [6, 6.07) is 3.86. The van der Waals surface area contributed by atoms with Gasteiger partial charge in [-0.05, 0) is 23.6 Å². The summed E-state index contributed by atoms with van der Waals surface area (Å²) in [4.78, 5) is 11.1. The lowest BCUT2D eigenvalue weighted by atomic mass is 9.90. The number of nitrogens with zero attached hydrogens (tertiary/aromatic N) is 3. The summed E-state index contributed by atoms with van der Waals surface area (Å²) in [5.41, 5.74) is 8.09. The van der Waals surface area contributed by atoms with Crippen molar-refractivity contribution < 1.29 is 9.47 Å². The van der Waals surface area contributed by atoms with Gasteiger partial charge in [0.15, 0.2) is 0 Å². The van der Waals surface area contributed by atoms with Crippen molar-refractivity contribution in [1.82, 2.24) is 15.2 Å². The summed E-state index contributed by atoms with van der Waals surface area (Å²) < 4.78 is 11.4. The molecule has 1 saturated heterocycles. The molecule has 7 nitrogen and oxygen atoms in total. The molecule has 3 N–H and O–H groups in total. The molecular weight excluding hydrogens is 330 g/mol. The molecular formula is C19H25N5O2. The average Bonchev–Trinajstić information content (AvgIpc) is 3.07. The highest BCUT2D eigenvalue weighted by Gasteiger charge is 2.29. The Morgan fingerprint density at radius 3 is 3.00 bits per heavy atom. The van der Waals surface area contributed by atoms with Crippen LogP contribution >= 0.6 is 0 Å². The van der Waals surface area contributed by atoms with Gasteiger partial charge in [-0.2, -0.15) is 0 Å². The predicted molar refractivity (Wildman–Crippen MR) is 100 cm³/mol. The van der Waals surface area contributed by atoms with E-state index in [9.17, 15) is 0 Å². The largest absolute Gasteiger partial charge is 0.495 e. The van der Waals surface area contributed by atoms with Crippen LogP contribution in [0, 0.1) is 5.92 Å². The van der Waals surface area contributed by atoms with E-state index in [1.165, 1.54) is 5.57 Å². The Morgan fingerprint density at radius 1 is 1.31 bits per heavy atom. The van der Waals surface area contributed by atoms with Crippen LogP contribution in [0.15, 0.2) is 47.1 Å². The van der Waals surface area contributed by atoms with Crippen molar-refractivity contribution in [3.8, 4) is 0 Å². The van der Waals surface area contributed by atoms with Crippen LogP contribution in [0.4, 0.5) is 5.82 Å². The fraction of sp³-hybridized carbons (Fsp3) is 0.474. The molecule has 138 valence electrons. The minimum absolute atomic E-state index is 0.260. The van der Waals surface area contributed by atoms with Gasteiger partial charge < -0.3 is 20.5 Å². The summed E-state index contributed by atoms with van der Waals surface area (Å²) in [5.74, 6) is 2.80. The Kier molecular flexibility index (Phi) is 5.17. The van der Waals surface area contributed by atoms with Gasteiger partial charge in [-0.1, -0.05) is 6.07 Å². The number of fused-ring (bicyclic) bond motifs is 1. The van der Waals surface area contributed by atoms with Gasteiger partial charge in [0.05, 0.1) is 13.2 Å². The van der Waals surface area contributed by atoms with Crippen LogP contribution in [0.1, 0.15) is 12.0 Å². The van der Waals surface area contributed by atoms with E-state index in [1.54, 1.807) is 0 Å². The summed E-state index contributed by atoms with van der Waals surface area (Å²) >= 11 is 0. The highest BCUT2D eigenvalue weighted by molar-refractivity contribution is 5.91. The van der Waals surface area contributed by atoms with Crippen molar-refractivity contribution in [3.05, 3.63) is 47.6 Å². The fourth-order valence-electron chi connectivity index (χ4n) is 3.46. The molecule has 0 aliphatic carbocycles. The third-order valence-electron chi connectivity index (χ3n) is 4.99. The zero-order valence-electron chi connectivity index (χ0n) is 14.9. The van der Waals surface area contributed by atoms with Gasteiger partial charge in [-0.3, -0.25) is 4.90 Å². The second-order valence-corrected chi connectivity index (χ2v) is 6.80. The van der Waals surface area contributed by atoms with E-state index in [2.05, 4.69) is 20.2 Å². The Morgan fingerprint density at radius 2 is 2.19 bits per heavy atom. The van der Waals surface area contributed by atoms with Crippen LogP contribution in [0.2, 0.25) is 0 Å². The zero-order chi connectivity index (χ0) is 17.8. The van der Waals surface area contributed by atoms with Gasteiger partial charge in [-0.15, -0.1) is 0 Å². The van der Waals surface area contributed by atoms with Crippen molar-refractivity contribution in [1.29, 1.82) is 0 Å². The minimum atomic E-state index is 0.260. The lowest BCUT2D eigenvalue weighted by molar-refractivity contribution is 0.0267. The SMILES string of the molecule is Nc1ccc(CC2=CN=C3NC=C(OCCN4CCOCC4)CC23)cn1. The number of hydrogen-bond donors (Lipinski definition) is 2. The van der Waals surface area contributed by atoms with Gasteiger partial charge in [0.2, 0.25) is 0 Å². The van der Waals surface area contributed by atoms with E-state index in [0.29, 0.717) is 12.4 Å². The topological polar surface area (TPSA) is 85.0 Å². The number of aliphatic imine (C=N–C) groups is 1. The maximum Gasteiger partial charge on any atom is 0.123 e. The minimum Gasteiger partial charge on any atom is -0.495 e. The van der Waals surface area contributed by atoms with Crippen molar-refractivity contribution in [2.75, 3.05) is 45.2 Å². The zero-order valence-corrected chi connectivity index (χ0v) is 14.9. The quantitative estimate of drug-likeness (QED) is 0.800. The first-order valence-corrected chi connectivity index (χ1v) is 9.13. The number of nitrogens with one attached hydrogen (secondary N) is 1. The Labute approximate surface area is 153 Å². The smallest absolute Gasteiger partial charge is 0.123 e. The number of hydrogen-bond acceptors (Lipinski definition) is 7. The van der Waals surface area contributed by atoms with E-state index in [-0.39, 0.29) is 5.92 Å². The molecule has 4 heterocycles. The van der Waals surface area contributed by atoms with Gasteiger partial charge in [0, 0.05) is 50.6 Å². The normalized spacial score (nSPS) is 22.8. The maximum atomic E-state index is 6.01. The summed E-state index contributed by atoms with van der Waals surface area (Å²) in [7, 11) is 0. The van der Waals surface area contributed by atoms with Crippen LogP contribution in [-0.4, -0.2) is 55.2 Å². The highest BCUT2D eigenvalue weighted by atomic mass is 16.5. The second-order valence-electron chi connectivity index (χ2n) is 6.80. The van der Waals surface area contributed by atoms with E-state index in [4.69, 9.17) is 15.2 Å². The van der Waals surface area contributed by atoms with Crippen molar-refractivity contribution in [2.45, 2.75) is 12.8 Å². The number of anilines is 1. The van der Waals surface area contributed by atoms with Crippen molar-refractivity contribution >= 4 is 11.7 Å². The number of rotatable bonds is 6. The number of aromatic nitrogens is 1. The standard InChI is InChI=1S/C19H25N5O2/c20-18-2-1-14(11-21-18)9-15-12-22-19-17(15)10-16(13-23-19)26-8-5-24-3-6-25-7-4-24/h1-2,11-13,17H,3-10H2,(H2,20,21)(H,22,23). The van der Waals surface area contributed by atoms with E-state index >= 15 is 0 Å². The third kappa shape index (κ3) is 4.05. The first kappa shape index (κ1) is 17.1. The van der Waals surface area contributed by atoms with Gasteiger partial charge in [-0.25, -0.2) is 9.98 Å². The van der Waals surface area contributed by atoms with Gasteiger partial charge in [0.1, 0.15) is 24.0 Å². The van der Waals surface area contributed by atoms with E-state index in [0.717, 1.165) is 62.8 Å². The molecule has 0 aromatic carbocycles. The molecule has 1 aromatic heterocycles. The fourth-order valence-corrected chi connectivity index (χ4v) is 3.46. The molecule has 26 heavy (non-hydrogen) atoms. The van der Waals surface area contributed by atoms with Crippen LogP contribution in [0.3, 0.4) is 0 Å². The lowest BCUT2D eigenvalue weighted by Gasteiger charge is -2.28. The van der Waals surface area contributed by atoms with Crippen LogP contribution in [0.25, 0.3) is 0 Å². The molecule has 0 radical (unpaired) electrons. The molecule has 0 bridgehead atoms. The molecule has 1 fully saturated rings. The number of morpholine rings is 1. The molecule has 3 aliphatic rings. The number of pyridine rings is 1. The van der Waals surface area contributed by atoms with Crippen LogP contribution < -0.4 is 11.1 Å². The molecule has 0 spiro atoms. The Balaban J connectivity index is 1.29. The molecule has 0 saturated carbocycles. The van der Waals surface area contributed by atoms with Crippen LogP contribution in [-0.2, 0) is 15.9 Å². The van der Waals surface area contributed by atoms with Crippen molar-refractivity contribution in [3.63, 3.8) is 0 Å². The number of allylic oxidation sites excluding steroid dienone is 1. The number of nitrogens with two attached hydrogens (primary N) is 1. The number of nitrogen functional groups attached to an aromatic ring is 1. The van der Waals surface area contributed by atoms with E-state index in [1.807, 2.05) is 30.7 Å². The highest BCUT2D eigenvalue weighted by Crippen LogP contribution is 2.31. The molecule has 0 amide bonds. The lowest BCUT2D eigenvalue weighted by Crippen LogP contribution is -2.38. The van der Waals surface area contributed by atoms with Crippen LogP contribution in [0.5, 0.6) is 0 Å². The van der Waals surface area contributed by atoms with E-state index < -0.39 is 0 Å². The van der Waals surface area contributed by atoms with Gasteiger partial charge >= 0.3 is 0 Å². The Hall–Kier alpha value is -2.38. The number of ether oxygens (including phenoxy) is 2. The summed E-state index contributed by atoms with van der Waals surface area (Å²) in [6.45, 7) is 5.26. The molecule has 1 atom stereocenters. The predicted octanol–water partition coefficient (Wildman–Crippen LogP) is 1.30. The third-order valence-corrected chi connectivity index (χ3v) is 4.99. The van der Waals surface area contributed by atoms with Gasteiger partial charge in [0.25, 0.3) is 0 Å². The molecule has 7 heteroatoms. The molecule has 1 aromatic rings. The molecule has 1 unspecified atom stereocenters. The molecule has 4 rings (SSSR count). The average molecular weight is 355 g/mol. The number of amidine groups is 1. The first-order chi connectivity index (χ1) is 12.8. The first-order valence-electron chi connectivity index (χ1n) is 9.13. The summed E-state index contributed by atoms with van der Waals surface area (Å²) in [6.07, 6.45) is 7.42.